The minimum atomic E-state index is -3.45. The summed E-state index contributed by atoms with van der Waals surface area (Å²) in [5.41, 5.74) is 2.32. The predicted molar refractivity (Wildman–Crippen MR) is 64.6 cm³/mol. The molecule has 0 atom stereocenters. The number of hydrazine groups is 1. The summed E-state index contributed by atoms with van der Waals surface area (Å²) < 4.78 is 26.5. The highest BCUT2D eigenvalue weighted by Gasteiger charge is 2.21. The number of pyridine rings is 1. The number of nitrogen functional groups attached to an aromatic ring is 1. The summed E-state index contributed by atoms with van der Waals surface area (Å²) in [6, 6.07) is 2.85. The minimum absolute atomic E-state index is 0.180. The summed E-state index contributed by atoms with van der Waals surface area (Å²) in [4.78, 5) is 4.05. The Morgan fingerprint density at radius 1 is 1.47 bits per heavy atom. The fourth-order valence-corrected chi connectivity index (χ4v) is 2.79. The molecule has 0 radical (unpaired) electrons. The number of sulfonamides is 1. The van der Waals surface area contributed by atoms with E-state index in [-0.39, 0.29) is 4.90 Å². The molecule has 1 aromatic rings. The molecule has 17 heavy (non-hydrogen) atoms. The molecule has 1 aliphatic rings. The number of rotatable bonds is 5. The number of hydrogen-bond donors (Lipinski definition) is 3. The lowest BCUT2D eigenvalue weighted by molar-refractivity contribution is 0.316. The molecule has 1 aliphatic carbocycles. The fourth-order valence-electron chi connectivity index (χ4n) is 1.67. The first-order chi connectivity index (χ1) is 8.12. The minimum Gasteiger partial charge on any atom is -0.308 e. The highest BCUT2D eigenvalue weighted by atomic mass is 32.2. The Hall–Kier alpha value is -1.18. The molecule has 1 saturated carbocycles. The number of nitrogens with zero attached hydrogens (tertiary/aromatic N) is 1. The van der Waals surface area contributed by atoms with Crippen LogP contribution in [0.3, 0.4) is 0 Å². The molecule has 0 aromatic carbocycles. The third kappa shape index (κ3) is 2.93. The molecule has 0 saturated heterocycles. The Labute approximate surface area is 101 Å². The van der Waals surface area contributed by atoms with Crippen molar-refractivity contribution >= 4 is 15.8 Å². The third-order valence-electron chi connectivity index (χ3n) is 2.98. The molecule has 0 amide bonds. The summed E-state index contributed by atoms with van der Waals surface area (Å²) in [5.74, 6) is 6.00. The molecule has 0 bridgehead atoms. The Balaban J connectivity index is 2.07. The van der Waals surface area contributed by atoms with Crippen molar-refractivity contribution in [3.8, 4) is 0 Å². The molecule has 1 aromatic heterocycles. The van der Waals surface area contributed by atoms with Gasteiger partial charge >= 0.3 is 0 Å². The van der Waals surface area contributed by atoms with Gasteiger partial charge in [0.05, 0.1) is 4.90 Å². The molecule has 0 aliphatic heterocycles. The van der Waals surface area contributed by atoms with E-state index in [9.17, 15) is 8.42 Å². The highest BCUT2D eigenvalue weighted by Crippen LogP contribution is 2.25. The van der Waals surface area contributed by atoms with Gasteiger partial charge in [-0.2, -0.15) is 0 Å². The van der Waals surface area contributed by atoms with Gasteiger partial charge in [0.15, 0.2) is 0 Å². The second-order valence-corrected chi connectivity index (χ2v) is 5.94. The zero-order valence-electron chi connectivity index (χ0n) is 9.39. The molecule has 94 valence electrons. The van der Waals surface area contributed by atoms with Gasteiger partial charge in [-0.25, -0.2) is 24.0 Å². The number of nitrogens with one attached hydrogen (secondary N) is 2. The zero-order chi connectivity index (χ0) is 12.3. The van der Waals surface area contributed by atoms with E-state index < -0.39 is 10.0 Å². The lowest BCUT2D eigenvalue weighted by atomic mass is 9.86. The van der Waals surface area contributed by atoms with Crippen molar-refractivity contribution in [2.45, 2.75) is 24.2 Å². The van der Waals surface area contributed by atoms with E-state index in [0.717, 1.165) is 12.8 Å². The standard InChI is InChI=1S/C10H16N4O2S/c11-14-10-6-9(4-5-12-10)17(15,16)13-7-8-2-1-3-8/h4-6,8,13H,1-3,7,11H2,(H,12,14). The fraction of sp³-hybridized carbons (Fsp3) is 0.500. The van der Waals surface area contributed by atoms with Crippen molar-refractivity contribution in [2.24, 2.45) is 11.8 Å². The molecular formula is C10H16N4O2S. The van der Waals surface area contributed by atoms with Crippen LogP contribution in [0.4, 0.5) is 5.82 Å². The maximum absolute atomic E-state index is 11.9. The van der Waals surface area contributed by atoms with E-state index >= 15 is 0 Å². The van der Waals surface area contributed by atoms with E-state index in [2.05, 4.69) is 15.1 Å². The molecule has 2 rings (SSSR count). The SMILES string of the molecule is NNc1cc(S(=O)(=O)NCC2CCC2)ccn1. The molecule has 0 spiro atoms. The van der Waals surface area contributed by atoms with Crippen LogP contribution in [0, 0.1) is 5.92 Å². The summed E-state index contributed by atoms with van der Waals surface area (Å²) in [5, 5.41) is 0. The predicted octanol–water partition coefficient (Wildman–Crippen LogP) is 0.446. The molecule has 4 N–H and O–H groups in total. The van der Waals surface area contributed by atoms with Gasteiger partial charge in [-0.1, -0.05) is 6.42 Å². The Kier molecular flexibility index (Phi) is 3.60. The van der Waals surface area contributed by atoms with Crippen LogP contribution < -0.4 is 16.0 Å². The maximum Gasteiger partial charge on any atom is 0.240 e. The zero-order valence-corrected chi connectivity index (χ0v) is 10.2. The summed E-state index contributed by atoms with van der Waals surface area (Å²) in [6.45, 7) is 0.510. The smallest absolute Gasteiger partial charge is 0.240 e. The van der Waals surface area contributed by atoms with Crippen LogP contribution >= 0.6 is 0 Å². The van der Waals surface area contributed by atoms with Crippen LogP contribution in [0.2, 0.25) is 0 Å². The normalized spacial score (nSPS) is 16.5. The number of nitrogens with two attached hydrogens (primary N) is 1. The molecule has 7 heteroatoms. The van der Waals surface area contributed by atoms with E-state index in [1.807, 2.05) is 0 Å². The van der Waals surface area contributed by atoms with Crippen molar-refractivity contribution in [2.75, 3.05) is 12.0 Å². The second-order valence-electron chi connectivity index (χ2n) is 4.17. The Morgan fingerprint density at radius 3 is 2.82 bits per heavy atom. The van der Waals surface area contributed by atoms with Crippen molar-refractivity contribution in [3.63, 3.8) is 0 Å². The van der Waals surface area contributed by atoms with Crippen molar-refractivity contribution in [1.82, 2.24) is 9.71 Å². The van der Waals surface area contributed by atoms with Crippen LogP contribution in [0.15, 0.2) is 23.2 Å². The van der Waals surface area contributed by atoms with Gasteiger partial charge < -0.3 is 5.43 Å². The van der Waals surface area contributed by atoms with Crippen molar-refractivity contribution < 1.29 is 8.42 Å². The van der Waals surface area contributed by atoms with E-state index in [1.54, 1.807) is 0 Å². The first-order valence-electron chi connectivity index (χ1n) is 5.54. The number of aromatic nitrogens is 1. The number of hydrogen-bond acceptors (Lipinski definition) is 5. The maximum atomic E-state index is 11.9. The molecule has 6 nitrogen and oxygen atoms in total. The van der Waals surface area contributed by atoms with Crippen LogP contribution in [-0.4, -0.2) is 19.9 Å². The van der Waals surface area contributed by atoms with Crippen LogP contribution in [-0.2, 0) is 10.0 Å². The molecule has 1 fully saturated rings. The first kappa shape index (κ1) is 12.3. The monoisotopic (exact) mass is 256 g/mol. The van der Waals surface area contributed by atoms with Crippen molar-refractivity contribution in [1.29, 1.82) is 0 Å². The Bertz CT molecular complexity index is 485. The molecular weight excluding hydrogens is 240 g/mol. The Morgan fingerprint density at radius 2 is 2.24 bits per heavy atom. The van der Waals surface area contributed by atoms with Crippen LogP contribution in [0.1, 0.15) is 19.3 Å². The van der Waals surface area contributed by atoms with Crippen LogP contribution in [0.25, 0.3) is 0 Å². The highest BCUT2D eigenvalue weighted by molar-refractivity contribution is 7.89. The van der Waals surface area contributed by atoms with Crippen molar-refractivity contribution in [3.05, 3.63) is 18.3 Å². The van der Waals surface area contributed by atoms with Gasteiger partial charge in [0.25, 0.3) is 0 Å². The van der Waals surface area contributed by atoms with E-state index in [0.29, 0.717) is 18.3 Å². The first-order valence-corrected chi connectivity index (χ1v) is 7.02. The van der Waals surface area contributed by atoms with Gasteiger partial charge in [0.1, 0.15) is 5.82 Å². The lowest BCUT2D eigenvalue weighted by Crippen LogP contribution is -2.32. The third-order valence-corrected chi connectivity index (χ3v) is 4.40. The topological polar surface area (TPSA) is 97.1 Å². The number of anilines is 1. The second kappa shape index (κ2) is 4.99. The van der Waals surface area contributed by atoms with Gasteiger partial charge in [-0.15, -0.1) is 0 Å². The van der Waals surface area contributed by atoms with E-state index in [1.165, 1.54) is 24.8 Å². The molecule has 0 unspecified atom stereocenters. The molecule has 1 heterocycles. The summed E-state index contributed by atoms with van der Waals surface area (Å²) >= 11 is 0. The average Bonchev–Trinajstić information content (AvgIpc) is 2.27. The van der Waals surface area contributed by atoms with Crippen LogP contribution in [0.5, 0.6) is 0 Å². The quantitative estimate of drug-likeness (QED) is 0.525. The van der Waals surface area contributed by atoms with E-state index in [4.69, 9.17) is 5.84 Å². The van der Waals surface area contributed by atoms with Gasteiger partial charge in [-0.05, 0) is 24.8 Å². The van der Waals surface area contributed by atoms with Gasteiger partial charge in [0.2, 0.25) is 10.0 Å². The average molecular weight is 256 g/mol. The summed E-state index contributed by atoms with van der Waals surface area (Å²) in [6.07, 6.45) is 4.82. The largest absolute Gasteiger partial charge is 0.308 e. The summed E-state index contributed by atoms with van der Waals surface area (Å²) in [7, 11) is -3.45. The lowest BCUT2D eigenvalue weighted by Gasteiger charge is -2.25. The van der Waals surface area contributed by atoms with Gasteiger partial charge in [0, 0.05) is 18.8 Å². The van der Waals surface area contributed by atoms with Gasteiger partial charge in [-0.3, -0.25) is 0 Å².